The fourth-order valence-corrected chi connectivity index (χ4v) is 2.46. The van der Waals surface area contributed by atoms with Gasteiger partial charge in [-0.2, -0.15) is 0 Å². The van der Waals surface area contributed by atoms with Gasteiger partial charge in [0.15, 0.2) is 0 Å². The monoisotopic (exact) mass is 293 g/mol. The molecule has 4 nitrogen and oxygen atoms in total. The first-order chi connectivity index (χ1) is 10.9. The Labute approximate surface area is 130 Å². The Bertz CT molecular complexity index is 722. The van der Waals surface area contributed by atoms with Gasteiger partial charge in [-0.3, -0.25) is 4.98 Å². The summed E-state index contributed by atoms with van der Waals surface area (Å²) in [5.41, 5.74) is 3.42. The first kappa shape index (κ1) is 14.4. The van der Waals surface area contributed by atoms with Crippen LogP contribution in [0.3, 0.4) is 0 Å². The van der Waals surface area contributed by atoms with E-state index in [1.54, 1.807) is 13.3 Å². The molecule has 0 radical (unpaired) electrons. The maximum atomic E-state index is 5.45. The van der Waals surface area contributed by atoms with Crippen LogP contribution < -0.4 is 10.1 Å². The Morgan fingerprint density at radius 3 is 2.77 bits per heavy atom. The van der Waals surface area contributed by atoms with Gasteiger partial charge in [-0.15, -0.1) is 0 Å². The van der Waals surface area contributed by atoms with Crippen LogP contribution in [0.2, 0.25) is 0 Å². The van der Waals surface area contributed by atoms with Crippen molar-refractivity contribution in [3.8, 4) is 11.4 Å². The third-order valence-corrected chi connectivity index (χ3v) is 3.54. The second kappa shape index (κ2) is 6.91. The van der Waals surface area contributed by atoms with E-state index in [-0.39, 0.29) is 0 Å². The van der Waals surface area contributed by atoms with Gasteiger partial charge in [0, 0.05) is 37.4 Å². The average Bonchev–Trinajstić information content (AvgIpc) is 3.04. The second-order valence-electron chi connectivity index (χ2n) is 5.01. The average molecular weight is 293 g/mol. The van der Waals surface area contributed by atoms with Crippen LogP contribution in [-0.4, -0.2) is 16.7 Å². The standard InChI is InChI=1S/C18H19N3O/c1-22-18-9-3-2-8-17(18)21-11-5-7-16(21)14-20-13-15-6-4-10-19-12-15/h2-12,20H,13-14H2,1H3. The number of nitrogens with zero attached hydrogens (tertiary/aromatic N) is 2. The molecule has 2 heterocycles. The number of hydrogen-bond donors (Lipinski definition) is 1. The lowest BCUT2D eigenvalue weighted by Crippen LogP contribution is -2.15. The summed E-state index contributed by atoms with van der Waals surface area (Å²) in [5.74, 6) is 0.868. The molecule has 0 spiro atoms. The summed E-state index contributed by atoms with van der Waals surface area (Å²) >= 11 is 0. The minimum absolute atomic E-state index is 0.778. The normalized spacial score (nSPS) is 10.6. The number of hydrogen-bond acceptors (Lipinski definition) is 3. The first-order valence-electron chi connectivity index (χ1n) is 7.28. The zero-order valence-corrected chi connectivity index (χ0v) is 12.6. The summed E-state index contributed by atoms with van der Waals surface area (Å²) < 4.78 is 7.60. The van der Waals surface area contributed by atoms with Gasteiger partial charge < -0.3 is 14.6 Å². The molecule has 0 aliphatic rings. The number of nitrogens with one attached hydrogen (secondary N) is 1. The molecule has 3 rings (SSSR count). The van der Waals surface area contributed by atoms with E-state index in [1.807, 2.05) is 36.5 Å². The number of para-hydroxylation sites is 2. The summed E-state index contributed by atoms with van der Waals surface area (Å²) in [7, 11) is 1.70. The first-order valence-corrected chi connectivity index (χ1v) is 7.28. The Hall–Kier alpha value is -2.59. The molecule has 0 saturated heterocycles. The third kappa shape index (κ3) is 3.18. The molecule has 22 heavy (non-hydrogen) atoms. The summed E-state index contributed by atoms with van der Waals surface area (Å²) in [6.45, 7) is 1.57. The summed E-state index contributed by atoms with van der Waals surface area (Å²) in [6, 6.07) is 16.2. The largest absolute Gasteiger partial charge is 0.495 e. The Kier molecular flexibility index (Phi) is 4.51. The molecule has 112 valence electrons. The zero-order valence-electron chi connectivity index (χ0n) is 12.6. The van der Waals surface area contributed by atoms with Crippen LogP contribution in [0.15, 0.2) is 67.1 Å². The zero-order chi connectivity index (χ0) is 15.2. The number of pyridine rings is 1. The molecule has 3 aromatic rings. The second-order valence-corrected chi connectivity index (χ2v) is 5.01. The Morgan fingerprint density at radius 2 is 1.95 bits per heavy atom. The SMILES string of the molecule is COc1ccccc1-n1cccc1CNCc1cccnc1. The van der Waals surface area contributed by atoms with Crippen LogP contribution in [0, 0.1) is 0 Å². The van der Waals surface area contributed by atoms with Crippen molar-refractivity contribution in [1.82, 2.24) is 14.9 Å². The third-order valence-electron chi connectivity index (χ3n) is 3.54. The van der Waals surface area contributed by atoms with E-state index in [2.05, 4.69) is 39.3 Å². The topological polar surface area (TPSA) is 39.1 Å². The highest BCUT2D eigenvalue weighted by Gasteiger charge is 2.07. The van der Waals surface area contributed by atoms with E-state index >= 15 is 0 Å². The maximum absolute atomic E-state index is 5.45. The lowest BCUT2D eigenvalue weighted by molar-refractivity contribution is 0.412. The van der Waals surface area contributed by atoms with E-state index in [0.29, 0.717) is 0 Å². The quantitative estimate of drug-likeness (QED) is 0.758. The van der Waals surface area contributed by atoms with Gasteiger partial charge in [0.2, 0.25) is 0 Å². The predicted molar refractivity (Wildman–Crippen MR) is 87.1 cm³/mol. The van der Waals surface area contributed by atoms with Crippen LogP contribution in [-0.2, 0) is 13.1 Å². The van der Waals surface area contributed by atoms with Gasteiger partial charge in [-0.05, 0) is 35.9 Å². The summed E-state index contributed by atoms with van der Waals surface area (Å²) in [5, 5.41) is 3.45. The van der Waals surface area contributed by atoms with Crippen molar-refractivity contribution in [3.63, 3.8) is 0 Å². The van der Waals surface area contributed by atoms with Gasteiger partial charge in [-0.25, -0.2) is 0 Å². The molecule has 4 heteroatoms. The van der Waals surface area contributed by atoms with Crippen LogP contribution in [0.5, 0.6) is 5.75 Å². The Morgan fingerprint density at radius 1 is 1.05 bits per heavy atom. The lowest BCUT2D eigenvalue weighted by Gasteiger charge is -2.13. The molecule has 0 aliphatic heterocycles. The molecule has 0 fully saturated rings. The maximum Gasteiger partial charge on any atom is 0.142 e. The van der Waals surface area contributed by atoms with Crippen molar-refractivity contribution in [3.05, 3.63) is 78.4 Å². The van der Waals surface area contributed by atoms with Gasteiger partial charge in [-0.1, -0.05) is 18.2 Å². The van der Waals surface area contributed by atoms with Gasteiger partial charge in [0.25, 0.3) is 0 Å². The minimum Gasteiger partial charge on any atom is -0.495 e. The van der Waals surface area contributed by atoms with Crippen molar-refractivity contribution in [2.75, 3.05) is 7.11 Å². The van der Waals surface area contributed by atoms with E-state index in [1.165, 1.54) is 11.3 Å². The van der Waals surface area contributed by atoms with Crippen LogP contribution in [0.4, 0.5) is 0 Å². The molecule has 0 bridgehead atoms. The van der Waals surface area contributed by atoms with Crippen molar-refractivity contribution < 1.29 is 4.74 Å². The smallest absolute Gasteiger partial charge is 0.142 e. The highest BCUT2D eigenvalue weighted by Crippen LogP contribution is 2.23. The number of methoxy groups -OCH3 is 1. The molecule has 0 amide bonds. The minimum atomic E-state index is 0.778. The van der Waals surface area contributed by atoms with Crippen molar-refractivity contribution >= 4 is 0 Å². The molecule has 0 aliphatic carbocycles. The molecule has 0 saturated carbocycles. The van der Waals surface area contributed by atoms with E-state index in [4.69, 9.17) is 4.74 Å². The molecular formula is C18H19N3O. The number of aromatic nitrogens is 2. The van der Waals surface area contributed by atoms with Crippen molar-refractivity contribution in [1.29, 1.82) is 0 Å². The highest BCUT2D eigenvalue weighted by molar-refractivity contribution is 5.48. The predicted octanol–water partition coefficient (Wildman–Crippen LogP) is 3.17. The lowest BCUT2D eigenvalue weighted by atomic mass is 10.2. The van der Waals surface area contributed by atoms with Crippen molar-refractivity contribution in [2.24, 2.45) is 0 Å². The van der Waals surface area contributed by atoms with E-state index in [9.17, 15) is 0 Å². The van der Waals surface area contributed by atoms with Crippen LogP contribution in [0.1, 0.15) is 11.3 Å². The Balaban J connectivity index is 1.72. The summed E-state index contributed by atoms with van der Waals surface area (Å²) in [6.07, 6.45) is 5.72. The molecule has 1 aromatic carbocycles. The molecular weight excluding hydrogens is 274 g/mol. The van der Waals surface area contributed by atoms with Crippen molar-refractivity contribution in [2.45, 2.75) is 13.1 Å². The summed E-state index contributed by atoms with van der Waals surface area (Å²) in [4.78, 5) is 4.13. The highest BCUT2D eigenvalue weighted by atomic mass is 16.5. The van der Waals surface area contributed by atoms with E-state index in [0.717, 1.165) is 24.5 Å². The van der Waals surface area contributed by atoms with Crippen LogP contribution in [0.25, 0.3) is 5.69 Å². The van der Waals surface area contributed by atoms with E-state index < -0.39 is 0 Å². The molecule has 0 unspecified atom stereocenters. The number of rotatable bonds is 6. The van der Waals surface area contributed by atoms with Gasteiger partial charge in [0.05, 0.1) is 12.8 Å². The molecule has 2 aromatic heterocycles. The number of ether oxygens (including phenoxy) is 1. The van der Waals surface area contributed by atoms with Gasteiger partial charge >= 0.3 is 0 Å². The fourth-order valence-electron chi connectivity index (χ4n) is 2.46. The molecule has 0 atom stereocenters. The van der Waals surface area contributed by atoms with Crippen LogP contribution >= 0.6 is 0 Å². The fraction of sp³-hybridized carbons (Fsp3) is 0.167. The number of benzene rings is 1. The molecule has 1 N–H and O–H groups in total. The van der Waals surface area contributed by atoms with Gasteiger partial charge in [0.1, 0.15) is 5.75 Å².